The molecule has 6 nitrogen and oxygen atoms in total. The number of nitrogens with zero attached hydrogens (tertiary/aromatic N) is 4. The lowest BCUT2D eigenvalue weighted by atomic mass is 10.0. The number of benzene rings is 1. The largest absolute Gasteiger partial charge is 0.384 e. The van der Waals surface area contributed by atoms with E-state index in [1.165, 1.54) is 5.56 Å². The van der Waals surface area contributed by atoms with Gasteiger partial charge in [0.25, 0.3) is 0 Å². The standard InChI is InChI=1S/C22H29BrN6/c1-3-8-18(4-2)12-25-13-20(14-26-28-22(24)11-23)21-15-27-29(17-21)16-19-9-6-5-7-10-19/h5-7,9-15,17-18,28H,3-4,8,16,24H2,1-2H3/b20-13-,22-11+,25-12?,26-14-. The van der Waals surface area contributed by atoms with E-state index in [0.29, 0.717) is 18.3 Å². The maximum Gasteiger partial charge on any atom is 0.124 e. The molecule has 2 rings (SSSR count). The molecule has 0 amide bonds. The summed E-state index contributed by atoms with van der Waals surface area (Å²) < 4.78 is 1.90. The van der Waals surface area contributed by atoms with Crippen molar-refractivity contribution in [2.75, 3.05) is 0 Å². The lowest BCUT2D eigenvalue weighted by Crippen LogP contribution is -2.13. The lowest BCUT2D eigenvalue weighted by molar-refractivity contribution is 0.605. The van der Waals surface area contributed by atoms with Gasteiger partial charge in [0.15, 0.2) is 0 Å². The topological polar surface area (TPSA) is 80.6 Å². The molecule has 1 aromatic heterocycles. The van der Waals surface area contributed by atoms with Crippen molar-refractivity contribution in [3.8, 4) is 0 Å². The van der Waals surface area contributed by atoms with Crippen LogP contribution in [-0.2, 0) is 6.54 Å². The second kappa shape index (κ2) is 12.7. The molecule has 1 atom stereocenters. The summed E-state index contributed by atoms with van der Waals surface area (Å²) in [7, 11) is 0. The van der Waals surface area contributed by atoms with Crippen molar-refractivity contribution >= 4 is 33.9 Å². The van der Waals surface area contributed by atoms with E-state index < -0.39 is 0 Å². The minimum atomic E-state index is 0.415. The number of halogens is 1. The highest BCUT2D eigenvalue weighted by Gasteiger charge is 2.05. The number of allylic oxidation sites excluding steroid dienone is 1. The molecule has 0 radical (unpaired) electrons. The second-order valence-corrected chi connectivity index (χ2v) is 7.14. The summed E-state index contributed by atoms with van der Waals surface area (Å²) in [5, 5.41) is 8.67. The Bertz CT molecular complexity index is 851. The van der Waals surface area contributed by atoms with Gasteiger partial charge in [0.2, 0.25) is 0 Å². The van der Waals surface area contributed by atoms with Gasteiger partial charge < -0.3 is 5.73 Å². The zero-order chi connectivity index (χ0) is 20.9. The van der Waals surface area contributed by atoms with Gasteiger partial charge >= 0.3 is 0 Å². The van der Waals surface area contributed by atoms with E-state index in [4.69, 9.17) is 5.73 Å². The average molecular weight is 457 g/mol. The Morgan fingerprint density at radius 2 is 2.10 bits per heavy atom. The quantitative estimate of drug-likeness (QED) is 0.372. The van der Waals surface area contributed by atoms with Gasteiger partial charge in [-0.1, -0.05) is 66.5 Å². The van der Waals surface area contributed by atoms with Crippen LogP contribution in [0.5, 0.6) is 0 Å². The number of nitrogens with one attached hydrogen (secondary N) is 1. The van der Waals surface area contributed by atoms with Crippen LogP contribution in [0.15, 0.2) is 69.8 Å². The molecule has 0 aliphatic carbocycles. The third kappa shape index (κ3) is 8.07. The number of aliphatic imine (C=N–C) groups is 1. The summed E-state index contributed by atoms with van der Waals surface area (Å²) in [5.74, 6) is 0.901. The summed E-state index contributed by atoms with van der Waals surface area (Å²) in [5.41, 5.74) is 11.4. The van der Waals surface area contributed by atoms with Crippen molar-refractivity contribution in [2.45, 2.75) is 39.7 Å². The minimum Gasteiger partial charge on any atom is -0.384 e. The summed E-state index contributed by atoms with van der Waals surface area (Å²) in [6, 6.07) is 10.2. The van der Waals surface area contributed by atoms with Crippen molar-refractivity contribution in [3.05, 3.63) is 70.9 Å². The number of hydrogen-bond donors (Lipinski definition) is 2. The molecule has 0 saturated carbocycles. The molecular weight excluding hydrogens is 428 g/mol. The fourth-order valence-corrected chi connectivity index (χ4v) is 2.86. The first kappa shape index (κ1) is 22.6. The Morgan fingerprint density at radius 1 is 1.31 bits per heavy atom. The van der Waals surface area contributed by atoms with Crippen LogP contribution in [-0.4, -0.2) is 22.2 Å². The van der Waals surface area contributed by atoms with Crippen molar-refractivity contribution in [3.63, 3.8) is 0 Å². The van der Waals surface area contributed by atoms with Crippen LogP contribution in [0.4, 0.5) is 0 Å². The first-order valence-corrected chi connectivity index (χ1v) is 10.7. The molecule has 1 unspecified atom stereocenters. The number of hydrogen-bond acceptors (Lipinski definition) is 5. The highest BCUT2D eigenvalue weighted by molar-refractivity contribution is 9.11. The third-order valence-corrected chi connectivity index (χ3v) is 4.86. The van der Waals surface area contributed by atoms with Gasteiger partial charge in [0.1, 0.15) is 5.82 Å². The van der Waals surface area contributed by atoms with Crippen LogP contribution in [0.3, 0.4) is 0 Å². The highest BCUT2D eigenvalue weighted by Crippen LogP contribution is 2.14. The smallest absolute Gasteiger partial charge is 0.124 e. The van der Waals surface area contributed by atoms with E-state index in [-0.39, 0.29) is 0 Å². The fourth-order valence-electron chi connectivity index (χ4n) is 2.75. The monoisotopic (exact) mass is 456 g/mol. The van der Waals surface area contributed by atoms with Crippen molar-refractivity contribution in [1.82, 2.24) is 15.2 Å². The van der Waals surface area contributed by atoms with Crippen LogP contribution in [0.1, 0.15) is 44.2 Å². The first-order chi connectivity index (χ1) is 14.2. The molecule has 7 heteroatoms. The fraction of sp³-hybridized carbons (Fsp3) is 0.318. The highest BCUT2D eigenvalue weighted by atomic mass is 79.9. The molecule has 1 aromatic carbocycles. The zero-order valence-corrected chi connectivity index (χ0v) is 18.6. The Kier molecular flexibility index (Phi) is 9.92. The molecule has 0 spiro atoms. The normalized spacial score (nSPS) is 14.0. The van der Waals surface area contributed by atoms with E-state index in [0.717, 1.165) is 30.4 Å². The van der Waals surface area contributed by atoms with E-state index in [1.54, 1.807) is 11.2 Å². The lowest BCUT2D eigenvalue weighted by Gasteiger charge is -2.05. The van der Waals surface area contributed by atoms with Gasteiger partial charge in [-0.25, -0.2) is 0 Å². The number of rotatable bonds is 11. The minimum absolute atomic E-state index is 0.415. The number of aromatic nitrogens is 2. The second-order valence-electron chi connectivity index (χ2n) is 6.69. The third-order valence-electron chi connectivity index (χ3n) is 4.36. The van der Waals surface area contributed by atoms with E-state index >= 15 is 0 Å². The molecule has 0 saturated heterocycles. The zero-order valence-electron chi connectivity index (χ0n) is 17.0. The van der Waals surface area contributed by atoms with Gasteiger partial charge in [0.05, 0.1) is 19.0 Å². The predicted octanol–water partition coefficient (Wildman–Crippen LogP) is 4.90. The molecule has 1 heterocycles. The maximum absolute atomic E-state index is 5.70. The van der Waals surface area contributed by atoms with Crippen LogP contribution in [0.2, 0.25) is 0 Å². The molecule has 2 aromatic rings. The molecular formula is C22H29BrN6. The van der Waals surface area contributed by atoms with Crippen molar-refractivity contribution < 1.29 is 0 Å². The Labute approximate surface area is 181 Å². The summed E-state index contributed by atoms with van der Waals surface area (Å²) in [6.07, 6.45) is 12.7. The van der Waals surface area contributed by atoms with Crippen LogP contribution < -0.4 is 11.2 Å². The van der Waals surface area contributed by atoms with Gasteiger partial charge in [-0.2, -0.15) is 10.2 Å². The van der Waals surface area contributed by atoms with Crippen LogP contribution >= 0.6 is 15.9 Å². The Balaban J connectivity index is 2.20. The Morgan fingerprint density at radius 3 is 2.79 bits per heavy atom. The van der Waals surface area contributed by atoms with E-state index in [2.05, 4.69) is 62.5 Å². The van der Waals surface area contributed by atoms with Crippen LogP contribution in [0.25, 0.3) is 5.57 Å². The predicted molar refractivity (Wildman–Crippen MR) is 126 cm³/mol. The van der Waals surface area contributed by atoms with Crippen molar-refractivity contribution in [2.24, 2.45) is 21.7 Å². The first-order valence-electron chi connectivity index (χ1n) is 9.81. The van der Waals surface area contributed by atoms with Gasteiger partial charge in [-0.3, -0.25) is 15.1 Å². The van der Waals surface area contributed by atoms with E-state index in [9.17, 15) is 0 Å². The van der Waals surface area contributed by atoms with E-state index in [1.807, 2.05) is 47.7 Å². The molecule has 0 fully saturated rings. The molecule has 0 bridgehead atoms. The number of nitrogens with two attached hydrogens (primary N) is 1. The Hall–Kier alpha value is -2.67. The van der Waals surface area contributed by atoms with Crippen LogP contribution in [0, 0.1) is 5.92 Å². The summed E-state index contributed by atoms with van der Waals surface area (Å²) >= 11 is 3.17. The summed E-state index contributed by atoms with van der Waals surface area (Å²) in [6.45, 7) is 5.09. The van der Waals surface area contributed by atoms with Gasteiger partial charge in [-0.05, 0) is 24.3 Å². The maximum atomic E-state index is 5.70. The SMILES string of the molecule is CCCC(C=N/C=C(/C=N\N/C(N)=C/Br)c1cnn(Cc2ccccc2)c1)CC. The van der Waals surface area contributed by atoms with Crippen molar-refractivity contribution in [1.29, 1.82) is 0 Å². The van der Waals surface area contributed by atoms with Gasteiger partial charge in [0, 0.05) is 34.7 Å². The summed E-state index contributed by atoms with van der Waals surface area (Å²) in [4.78, 5) is 6.12. The molecule has 29 heavy (non-hydrogen) atoms. The number of hydrazone groups is 1. The van der Waals surface area contributed by atoms with Gasteiger partial charge in [-0.15, -0.1) is 0 Å². The molecule has 0 aliphatic rings. The average Bonchev–Trinajstić information content (AvgIpc) is 3.20. The molecule has 3 N–H and O–H groups in total. The molecule has 154 valence electrons. The molecule has 0 aliphatic heterocycles.